The third kappa shape index (κ3) is 2.66. The van der Waals surface area contributed by atoms with E-state index in [4.69, 9.17) is 0 Å². The van der Waals surface area contributed by atoms with Crippen LogP contribution >= 0.6 is 63.7 Å². The highest BCUT2D eigenvalue weighted by atomic mass is 79.9. The van der Waals surface area contributed by atoms with Crippen molar-refractivity contribution in [1.29, 1.82) is 0 Å². The molecule has 0 aliphatic rings. The molecule has 0 spiro atoms. The van der Waals surface area contributed by atoms with Gasteiger partial charge in [0.05, 0.1) is 8.95 Å². The van der Waals surface area contributed by atoms with Crippen molar-refractivity contribution in [1.82, 2.24) is 0 Å². The molecule has 2 N–H and O–H groups in total. The molecule has 0 bridgehead atoms. The molecule has 0 atom stereocenters. The van der Waals surface area contributed by atoms with E-state index in [9.17, 15) is 10.2 Å². The Balaban J connectivity index is 3.03. The van der Waals surface area contributed by atoms with Gasteiger partial charge < -0.3 is 10.2 Å². The fourth-order valence-electron chi connectivity index (χ4n) is 2.43. The summed E-state index contributed by atoms with van der Waals surface area (Å²) in [5, 5.41) is 21.2. The highest BCUT2D eigenvalue weighted by Crippen LogP contribution is 2.51. The number of rotatable bonds is 1. The van der Waals surface area contributed by atoms with Gasteiger partial charge in [0.1, 0.15) is 11.5 Å². The van der Waals surface area contributed by atoms with Crippen molar-refractivity contribution in [3.63, 3.8) is 0 Å². The van der Waals surface area contributed by atoms with Crippen LogP contribution in [0.15, 0.2) is 17.9 Å². The van der Waals surface area contributed by atoms with Gasteiger partial charge in [0.2, 0.25) is 0 Å². The summed E-state index contributed by atoms with van der Waals surface area (Å²) in [7, 11) is 0. The summed E-state index contributed by atoms with van der Waals surface area (Å²) in [5.41, 5.74) is 5.13. The lowest BCUT2D eigenvalue weighted by atomic mass is 9.90. The van der Waals surface area contributed by atoms with Crippen LogP contribution in [0.5, 0.6) is 11.5 Å². The molecule has 0 unspecified atom stereocenters. The zero-order valence-corrected chi connectivity index (χ0v) is 18.8. The molecular weight excluding hydrogens is 544 g/mol. The third-order valence-electron chi connectivity index (χ3n) is 4.06. The molecule has 0 fully saturated rings. The monoisotopic (exact) mass is 554 g/mol. The van der Waals surface area contributed by atoms with Gasteiger partial charge in [-0.2, -0.15) is 0 Å². The molecule has 0 saturated carbocycles. The van der Waals surface area contributed by atoms with E-state index < -0.39 is 0 Å². The number of aromatic hydroxyl groups is 2. The number of hydrogen-bond acceptors (Lipinski definition) is 2. The Kier molecular flexibility index (Phi) is 5.37. The first-order chi connectivity index (χ1) is 10.1. The van der Waals surface area contributed by atoms with Crippen molar-refractivity contribution in [3.05, 3.63) is 40.1 Å². The summed E-state index contributed by atoms with van der Waals surface area (Å²) in [5.74, 6) is 0.226. The minimum Gasteiger partial charge on any atom is -0.506 e. The Morgan fingerprint density at radius 3 is 1.05 bits per heavy atom. The molecule has 0 heterocycles. The summed E-state index contributed by atoms with van der Waals surface area (Å²) in [6.45, 7) is 7.82. The van der Waals surface area contributed by atoms with Gasteiger partial charge in [0, 0.05) is 20.1 Å². The van der Waals surface area contributed by atoms with Crippen LogP contribution in [0, 0.1) is 27.7 Å². The first kappa shape index (κ1) is 18.3. The minimum absolute atomic E-state index is 0.113. The van der Waals surface area contributed by atoms with Crippen molar-refractivity contribution in [2.24, 2.45) is 0 Å². The average molecular weight is 558 g/mol. The highest BCUT2D eigenvalue weighted by Gasteiger charge is 2.25. The molecule has 0 aromatic heterocycles. The van der Waals surface area contributed by atoms with E-state index in [0.717, 1.165) is 31.2 Å². The van der Waals surface area contributed by atoms with E-state index in [-0.39, 0.29) is 11.5 Å². The van der Waals surface area contributed by atoms with Crippen molar-refractivity contribution in [2.75, 3.05) is 0 Å². The molecule has 2 aromatic carbocycles. The lowest BCUT2D eigenvalue weighted by Gasteiger charge is -2.21. The lowest BCUT2D eigenvalue weighted by molar-refractivity contribution is 0.464. The summed E-state index contributed by atoms with van der Waals surface area (Å²) >= 11 is 13.8. The van der Waals surface area contributed by atoms with E-state index in [1.54, 1.807) is 0 Å². The normalized spacial score (nSPS) is 11.1. The maximum Gasteiger partial charge on any atom is 0.139 e. The van der Waals surface area contributed by atoms with E-state index in [2.05, 4.69) is 63.7 Å². The smallest absolute Gasteiger partial charge is 0.139 e. The van der Waals surface area contributed by atoms with E-state index in [1.165, 1.54) is 0 Å². The quantitative estimate of drug-likeness (QED) is 0.394. The molecule has 0 saturated heterocycles. The van der Waals surface area contributed by atoms with Crippen molar-refractivity contribution >= 4 is 63.7 Å². The Labute approximate surface area is 163 Å². The van der Waals surface area contributed by atoms with E-state index in [1.807, 2.05) is 27.7 Å². The molecule has 22 heavy (non-hydrogen) atoms. The summed E-state index contributed by atoms with van der Waals surface area (Å²) in [6, 6.07) is 0. The molecule has 0 aliphatic carbocycles. The number of phenolic OH excluding ortho intramolecular Hbond substituents is 2. The maximum atomic E-state index is 10.6. The standard InChI is InChI=1S/C16H14Br4O2/c1-5-7(3)11(17)13(19)15(21)9(5)10-6(2)8(4)12(18)14(20)16(10)22/h21-22H,1-4H3. The van der Waals surface area contributed by atoms with Crippen LogP contribution in [-0.2, 0) is 0 Å². The maximum absolute atomic E-state index is 10.6. The van der Waals surface area contributed by atoms with Crippen molar-refractivity contribution in [2.45, 2.75) is 27.7 Å². The fourth-order valence-corrected chi connectivity index (χ4v) is 4.39. The van der Waals surface area contributed by atoms with E-state index in [0.29, 0.717) is 20.1 Å². The van der Waals surface area contributed by atoms with E-state index >= 15 is 0 Å². The van der Waals surface area contributed by atoms with Gasteiger partial charge in [0.25, 0.3) is 0 Å². The van der Waals surface area contributed by atoms with Crippen LogP contribution in [0.2, 0.25) is 0 Å². The van der Waals surface area contributed by atoms with Crippen LogP contribution in [0.1, 0.15) is 22.3 Å². The van der Waals surface area contributed by atoms with Crippen molar-refractivity contribution in [3.8, 4) is 22.6 Å². The SMILES string of the molecule is Cc1c(C)c(-c2c(C)c(C)c(Br)c(Br)c2O)c(O)c(Br)c1Br. The number of halogens is 4. The molecule has 2 nitrogen and oxygen atoms in total. The first-order valence-corrected chi connectivity index (χ1v) is 9.63. The molecular formula is C16H14Br4O2. The van der Waals surface area contributed by atoms with Crippen LogP contribution in [0.25, 0.3) is 11.1 Å². The fraction of sp³-hybridized carbons (Fsp3) is 0.250. The second kappa shape index (κ2) is 6.46. The summed E-state index contributed by atoms with van der Waals surface area (Å²) < 4.78 is 2.80. The molecule has 0 amide bonds. The van der Waals surface area contributed by atoms with Gasteiger partial charge >= 0.3 is 0 Å². The number of phenols is 2. The molecule has 0 aliphatic heterocycles. The topological polar surface area (TPSA) is 40.5 Å². The zero-order valence-electron chi connectivity index (χ0n) is 12.4. The zero-order chi connectivity index (χ0) is 16.9. The van der Waals surface area contributed by atoms with Gasteiger partial charge in [-0.1, -0.05) is 0 Å². The minimum atomic E-state index is 0.113. The summed E-state index contributed by atoms with van der Waals surface area (Å²) in [4.78, 5) is 0. The van der Waals surface area contributed by atoms with Gasteiger partial charge in [-0.05, 0) is 114 Å². The number of hydrogen-bond donors (Lipinski definition) is 2. The van der Waals surface area contributed by atoms with Crippen LogP contribution in [0.4, 0.5) is 0 Å². The Hall–Kier alpha value is -0.0400. The second-order valence-electron chi connectivity index (χ2n) is 5.20. The third-order valence-corrected chi connectivity index (χ3v) is 8.65. The Bertz CT molecular complexity index is 672. The molecule has 2 rings (SSSR count). The highest BCUT2D eigenvalue weighted by molar-refractivity contribution is 9.13. The van der Waals surface area contributed by atoms with Gasteiger partial charge in [-0.3, -0.25) is 0 Å². The first-order valence-electron chi connectivity index (χ1n) is 6.45. The molecule has 2 aromatic rings. The predicted octanol–water partition coefficient (Wildman–Crippen LogP) is 7.05. The second-order valence-corrected chi connectivity index (χ2v) is 8.38. The van der Waals surface area contributed by atoms with Crippen molar-refractivity contribution < 1.29 is 10.2 Å². The lowest BCUT2D eigenvalue weighted by Crippen LogP contribution is -1.97. The largest absolute Gasteiger partial charge is 0.506 e. The molecule has 6 heteroatoms. The number of benzene rings is 2. The Morgan fingerprint density at radius 1 is 0.500 bits per heavy atom. The van der Waals surface area contributed by atoms with Gasteiger partial charge in [0.15, 0.2) is 0 Å². The molecule has 118 valence electrons. The average Bonchev–Trinajstić information content (AvgIpc) is 2.50. The summed E-state index contributed by atoms with van der Waals surface area (Å²) in [6.07, 6.45) is 0. The van der Waals surface area contributed by atoms with Crippen LogP contribution in [0.3, 0.4) is 0 Å². The molecule has 0 radical (unpaired) electrons. The predicted molar refractivity (Wildman–Crippen MR) is 105 cm³/mol. The Morgan fingerprint density at radius 2 is 0.773 bits per heavy atom. The van der Waals surface area contributed by atoms with Crippen LogP contribution < -0.4 is 0 Å². The van der Waals surface area contributed by atoms with Gasteiger partial charge in [-0.25, -0.2) is 0 Å². The van der Waals surface area contributed by atoms with Gasteiger partial charge in [-0.15, -0.1) is 0 Å². The van der Waals surface area contributed by atoms with Crippen LogP contribution in [-0.4, -0.2) is 10.2 Å².